The predicted molar refractivity (Wildman–Crippen MR) is 77.0 cm³/mol. The highest BCUT2D eigenvalue weighted by molar-refractivity contribution is 9.10. The minimum atomic E-state index is -0.353. The molecule has 0 fully saturated rings. The molecule has 3 rings (SSSR count). The van der Waals surface area contributed by atoms with Crippen LogP contribution >= 0.6 is 15.9 Å². The van der Waals surface area contributed by atoms with Gasteiger partial charge in [0, 0.05) is 5.69 Å². The maximum atomic E-state index is 13.9. The summed E-state index contributed by atoms with van der Waals surface area (Å²) in [5.41, 5.74) is 7.78. The Bertz CT molecular complexity index is 765. The topological polar surface area (TPSA) is 51.2 Å². The Labute approximate surface area is 117 Å². The molecular weight excluding hydrogens is 311 g/mol. The van der Waals surface area contributed by atoms with Gasteiger partial charge >= 0.3 is 0 Å². The number of halogens is 2. The predicted octanol–water partition coefficient (Wildman–Crippen LogP) is 3.82. The second-order valence-electron chi connectivity index (χ2n) is 4.19. The number of fused-ring (bicyclic) bond motifs is 1. The fraction of sp³-hybridized carbons (Fsp3) is 0. The van der Waals surface area contributed by atoms with Crippen molar-refractivity contribution in [1.82, 2.24) is 4.57 Å². The van der Waals surface area contributed by atoms with E-state index in [1.807, 2.05) is 0 Å². The van der Waals surface area contributed by atoms with Crippen LogP contribution in [0.4, 0.5) is 10.1 Å². The van der Waals surface area contributed by atoms with Crippen molar-refractivity contribution in [1.29, 1.82) is 0 Å². The van der Waals surface area contributed by atoms with E-state index < -0.39 is 0 Å². The van der Waals surface area contributed by atoms with Crippen molar-refractivity contribution in [3.05, 3.63) is 52.9 Å². The molecule has 96 valence electrons. The maximum Gasteiger partial charge on any atom is 0.134 e. The molecule has 0 radical (unpaired) electrons. The van der Waals surface area contributed by atoms with E-state index >= 15 is 0 Å². The van der Waals surface area contributed by atoms with Gasteiger partial charge in [0.05, 0.1) is 16.6 Å². The Balaban J connectivity index is 2.38. The quantitative estimate of drug-likeness (QED) is 0.716. The first-order chi connectivity index (χ1) is 9.09. The van der Waals surface area contributed by atoms with Crippen LogP contribution in [-0.4, -0.2) is 9.67 Å². The number of nitrogens with zero attached hydrogens (tertiary/aromatic N) is 1. The van der Waals surface area contributed by atoms with Crippen LogP contribution in [-0.2, 0) is 0 Å². The number of nitrogen functional groups attached to an aromatic ring is 1. The Morgan fingerprint density at radius 2 is 1.79 bits per heavy atom. The molecule has 0 amide bonds. The molecule has 0 saturated heterocycles. The summed E-state index contributed by atoms with van der Waals surface area (Å²) in [6.07, 6.45) is 0. The summed E-state index contributed by atoms with van der Waals surface area (Å²) < 4.78 is 16.3. The molecule has 0 aliphatic carbocycles. The van der Waals surface area contributed by atoms with Crippen molar-refractivity contribution in [3.8, 4) is 11.4 Å². The Morgan fingerprint density at radius 3 is 2.47 bits per heavy atom. The van der Waals surface area contributed by atoms with Gasteiger partial charge < -0.3 is 15.4 Å². The van der Waals surface area contributed by atoms with Gasteiger partial charge in [-0.1, -0.05) is 6.07 Å². The summed E-state index contributed by atoms with van der Waals surface area (Å²) in [5.74, 6) is -0.177. The third-order valence-electron chi connectivity index (χ3n) is 3.03. The number of phenolic OH excluding ortho intramolecular Hbond substituents is 1. The van der Waals surface area contributed by atoms with E-state index in [1.54, 1.807) is 41.0 Å². The van der Waals surface area contributed by atoms with Crippen LogP contribution in [0.3, 0.4) is 0 Å². The third-order valence-corrected chi connectivity index (χ3v) is 3.81. The molecule has 0 saturated carbocycles. The molecule has 0 atom stereocenters. The van der Waals surface area contributed by atoms with E-state index in [9.17, 15) is 9.50 Å². The third kappa shape index (κ3) is 1.77. The van der Waals surface area contributed by atoms with Crippen molar-refractivity contribution in [2.24, 2.45) is 0 Å². The van der Waals surface area contributed by atoms with Gasteiger partial charge in [-0.2, -0.15) is 0 Å². The molecule has 3 nitrogen and oxygen atoms in total. The second kappa shape index (κ2) is 4.28. The van der Waals surface area contributed by atoms with Gasteiger partial charge in [0.1, 0.15) is 16.2 Å². The highest BCUT2D eigenvalue weighted by Gasteiger charge is 2.17. The normalized spacial score (nSPS) is 11.1. The number of benzene rings is 2. The molecule has 19 heavy (non-hydrogen) atoms. The summed E-state index contributed by atoms with van der Waals surface area (Å²) in [7, 11) is 0. The van der Waals surface area contributed by atoms with E-state index in [1.165, 1.54) is 6.07 Å². The lowest BCUT2D eigenvalue weighted by atomic mass is 10.2. The van der Waals surface area contributed by atoms with Gasteiger partial charge in [-0.25, -0.2) is 4.39 Å². The van der Waals surface area contributed by atoms with Crippen molar-refractivity contribution >= 4 is 32.5 Å². The number of aromatic nitrogens is 1. The maximum absolute atomic E-state index is 13.9. The number of nitrogens with two attached hydrogens (primary N) is 1. The molecule has 3 N–H and O–H groups in total. The van der Waals surface area contributed by atoms with Crippen molar-refractivity contribution < 1.29 is 9.50 Å². The van der Waals surface area contributed by atoms with Crippen molar-refractivity contribution in [3.63, 3.8) is 0 Å². The number of anilines is 1. The molecule has 5 heteroatoms. The first kappa shape index (κ1) is 12.0. The second-order valence-corrected chi connectivity index (χ2v) is 4.94. The molecule has 0 bridgehead atoms. The highest BCUT2D eigenvalue weighted by Crippen LogP contribution is 2.36. The lowest BCUT2D eigenvalue weighted by Gasteiger charge is -2.07. The van der Waals surface area contributed by atoms with Gasteiger partial charge in [-0.15, -0.1) is 0 Å². The molecule has 0 aliphatic rings. The Morgan fingerprint density at radius 1 is 1.11 bits per heavy atom. The van der Waals surface area contributed by atoms with Gasteiger partial charge in [0.15, 0.2) is 0 Å². The largest absolute Gasteiger partial charge is 0.508 e. The van der Waals surface area contributed by atoms with Crippen LogP contribution in [0.2, 0.25) is 0 Å². The zero-order valence-electron chi connectivity index (χ0n) is 9.77. The van der Waals surface area contributed by atoms with Crippen LogP contribution in [0.25, 0.3) is 16.6 Å². The van der Waals surface area contributed by atoms with E-state index in [4.69, 9.17) is 5.73 Å². The lowest BCUT2D eigenvalue weighted by Crippen LogP contribution is -1.94. The number of hydrogen-bond acceptors (Lipinski definition) is 2. The smallest absolute Gasteiger partial charge is 0.134 e. The van der Waals surface area contributed by atoms with Crippen LogP contribution in [0.5, 0.6) is 5.75 Å². The Kier molecular flexibility index (Phi) is 2.71. The average molecular weight is 321 g/mol. The van der Waals surface area contributed by atoms with E-state index in [2.05, 4.69) is 15.9 Å². The van der Waals surface area contributed by atoms with Gasteiger partial charge in [0.25, 0.3) is 0 Å². The first-order valence-electron chi connectivity index (χ1n) is 5.63. The highest BCUT2D eigenvalue weighted by atomic mass is 79.9. The fourth-order valence-corrected chi connectivity index (χ4v) is 2.74. The number of rotatable bonds is 1. The fourth-order valence-electron chi connectivity index (χ4n) is 2.15. The Hall–Kier alpha value is -2.01. The number of hydrogen-bond donors (Lipinski definition) is 2. The van der Waals surface area contributed by atoms with E-state index in [0.717, 1.165) is 5.69 Å². The monoisotopic (exact) mass is 320 g/mol. The molecule has 0 spiro atoms. The minimum absolute atomic E-state index is 0.176. The van der Waals surface area contributed by atoms with Gasteiger partial charge in [-0.05, 0) is 52.3 Å². The average Bonchev–Trinajstić information content (AvgIpc) is 2.65. The standard InChI is InChI=1S/C14H10BrFN2O/c15-14-13(17)12-10(16)2-1-3-11(12)18(14)8-4-6-9(19)7-5-8/h1-7,19H,17H2. The lowest BCUT2D eigenvalue weighted by molar-refractivity contribution is 0.475. The molecular formula is C14H10BrFN2O. The molecule has 1 aromatic heterocycles. The number of aromatic hydroxyl groups is 1. The summed E-state index contributed by atoms with van der Waals surface area (Å²) in [4.78, 5) is 0. The first-order valence-corrected chi connectivity index (χ1v) is 6.42. The van der Waals surface area contributed by atoms with Crippen molar-refractivity contribution in [2.75, 3.05) is 5.73 Å². The van der Waals surface area contributed by atoms with E-state index in [-0.39, 0.29) is 11.6 Å². The van der Waals surface area contributed by atoms with Crippen LogP contribution < -0.4 is 5.73 Å². The zero-order chi connectivity index (χ0) is 13.6. The number of phenols is 1. The minimum Gasteiger partial charge on any atom is -0.508 e. The SMILES string of the molecule is Nc1c(Br)n(-c2ccc(O)cc2)c2cccc(F)c12. The molecule has 0 aliphatic heterocycles. The van der Waals surface area contributed by atoms with Crippen LogP contribution in [0.1, 0.15) is 0 Å². The summed E-state index contributed by atoms with van der Waals surface area (Å²) in [6.45, 7) is 0. The summed E-state index contributed by atoms with van der Waals surface area (Å²) in [6, 6.07) is 11.4. The zero-order valence-corrected chi connectivity index (χ0v) is 11.4. The molecule has 0 unspecified atom stereocenters. The molecule has 1 heterocycles. The molecule has 3 aromatic rings. The van der Waals surface area contributed by atoms with Gasteiger partial charge in [0.2, 0.25) is 0 Å². The molecule has 2 aromatic carbocycles. The van der Waals surface area contributed by atoms with Gasteiger partial charge in [-0.3, -0.25) is 0 Å². The van der Waals surface area contributed by atoms with Crippen molar-refractivity contribution in [2.45, 2.75) is 0 Å². The van der Waals surface area contributed by atoms with Crippen LogP contribution in [0, 0.1) is 5.82 Å². The summed E-state index contributed by atoms with van der Waals surface area (Å²) >= 11 is 3.39. The van der Waals surface area contributed by atoms with E-state index in [0.29, 0.717) is 21.2 Å². The summed E-state index contributed by atoms with van der Waals surface area (Å²) in [5, 5.41) is 9.72. The van der Waals surface area contributed by atoms with Crippen LogP contribution in [0.15, 0.2) is 47.1 Å².